The van der Waals surface area contributed by atoms with E-state index in [2.05, 4.69) is 23.6 Å². The molecule has 7 heteroatoms. The largest absolute Gasteiger partial charge is 0.451 e. The van der Waals surface area contributed by atoms with E-state index in [4.69, 9.17) is 9.15 Å². The van der Waals surface area contributed by atoms with Crippen LogP contribution in [0.2, 0.25) is 0 Å². The van der Waals surface area contributed by atoms with Crippen molar-refractivity contribution in [2.45, 2.75) is 59.0 Å². The number of benzene rings is 1. The zero-order chi connectivity index (χ0) is 22.4. The van der Waals surface area contributed by atoms with Gasteiger partial charge >= 0.3 is 0 Å². The van der Waals surface area contributed by atoms with Crippen LogP contribution in [0, 0.1) is 20.8 Å². The second kappa shape index (κ2) is 8.37. The van der Waals surface area contributed by atoms with Crippen molar-refractivity contribution in [3.8, 4) is 0 Å². The Balaban J connectivity index is 1.41. The van der Waals surface area contributed by atoms with Gasteiger partial charge in [-0.1, -0.05) is 0 Å². The number of furan rings is 1. The van der Waals surface area contributed by atoms with Gasteiger partial charge in [0.2, 0.25) is 0 Å². The molecule has 5 rings (SSSR count). The monoisotopic (exact) mass is 452 g/mol. The number of fused-ring (bicyclic) bond motifs is 2. The van der Waals surface area contributed by atoms with E-state index in [-0.39, 0.29) is 17.9 Å². The quantitative estimate of drug-likeness (QED) is 0.566. The van der Waals surface area contributed by atoms with E-state index in [1.165, 1.54) is 16.2 Å². The maximum absolute atomic E-state index is 13.2. The number of anilines is 1. The molecule has 0 radical (unpaired) electrons. The molecule has 1 fully saturated rings. The summed E-state index contributed by atoms with van der Waals surface area (Å²) in [6.45, 7) is 7.24. The molecule has 3 aromatic rings. The van der Waals surface area contributed by atoms with Gasteiger partial charge in [-0.05, 0) is 81.7 Å². The second-order valence-corrected chi connectivity index (χ2v) is 9.95. The van der Waals surface area contributed by atoms with Crippen LogP contribution in [0.25, 0.3) is 11.0 Å². The minimum Gasteiger partial charge on any atom is -0.451 e. The fourth-order valence-corrected chi connectivity index (χ4v) is 5.97. The lowest BCUT2D eigenvalue weighted by molar-refractivity contribution is 0.0858. The normalized spacial score (nSPS) is 17.7. The molecule has 0 spiro atoms. The van der Waals surface area contributed by atoms with Crippen molar-refractivity contribution in [3.63, 3.8) is 0 Å². The minimum absolute atomic E-state index is 0.0776. The first kappa shape index (κ1) is 21.2. The third-order valence-electron chi connectivity index (χ3n) is 6.65. The first-order valence-electron chi connectivity index (χ1n) is 11.3. The number of carbonyl (C=O) groups excluding carboxylic acids is 2. The zero-order valence-corrected chi connectivity index (χ0v) is 19.5. The average molecular weight is 453 g/mol. The van der Waals surface area contributed by atoms with Crippen molar-refractivity contribution < 1.29 is 18.7 Å². The number of hydrogen-bond acceptors (Lipinski definition) is 5. The first-order chi connectivity index (χ1) is 15.4. The predicted octanol–water partition coefficient (Wildman–Crippen LogP) is 5.07. The fourth-order valence-electron chi connectivity index (χ4n) is 4.69. The maximum Gasteiger partial charge on any atom is 0.292 e. The predicted molar refractivity (Wildman–Crippen MR) is 126 cm³/mol. The summed E-state index contributed by atoms with van der Waals surface area (Å²) in [7, 11) is 0. The molecular weight excluding hydrogens is 424 g/mol. The number of rotatable bonds is 5. The van der Waals surface area contributed by atoms with Gasteiger partial charge in [0.25, 0.3) is 11.8 Å². The van der Waals surface area contributed by atoms with Crippen LogP contribution in [0.3, 0.4) is 0 Å². The third kappa shape index (κ3) is 3.73. The highest BCUT2D eigenvalue weighted by Gasteiger charge is 2.29. The molecule has 0 bridgehead atoms. The lowest BCUT2D eigenvalue weighted by atomic mass is 10.0. The SMILES string of the molecule is Cc1cc2oc(C(=O)Nc3sc4c(c3C(=O)NCC3CCCO3)CCC4)c(C)c2cc1C. The van der Waals surface area contributed by atoms with Gasteiger partial charge < -0.3 is 19.8 Å². The molecule has 1 aliphatic carbocycles. The van der Waals surface area contributed by atoms with Gasteiger partial charge in [-0.2, -0.15) is 0 Å². The molecule has 2 amide bonds. The first-order valence-corrected chi connectivity index (χ1v) is 12.1. The van der Waals surface area contributed by atoms with E-state index in [0.717, 1.165) is 66.4 Å². The molecule has 6 nitrogen and oxygen atoms in total. The topological polar surface area (TPSA) is 80.6 Å². The highest BCUT2D eigenvalue weighted by molar-refractivity contribution is 7.17. The smallest absolute Gasteiger partial charge is 0.292 e. The molecule has 1 aliphatic heterocycles. The van der Waals surface area contributed by atoms with E-state index in [0.29, 0.717) is 28.5 Å². The summed E-state index contributed by atoms with van der Waals surface area (Å²) in [5.41, 5.74) is 5.48. The summed E-state index contributed by atoms with van der Waals surface area (Å²) in [6, 6.07) is 4.03. The lowest BCUT2D eigenvalue weighted by Crippen LogP contribution is -2.32. The number of thiophene rings is 1. The van der Waals surface area contributed by atoms with Crippen molar-refractivity contribution in [2.75, 3.05) is 18.5 Å². The van der Waals surface area contributed by atoms with Crippen molar-refractivity contribution in [2.24, 2.45) is 0 Å². The Bertz CT molecular complexity index is 1220. The summed E-state index contributed by atoms with van der Waals surface area (Å²) in [6.07, 6.45) is 4.94. The van der Waals surface area contributed by atoms with Crippen LogP contribution in [0.5, 0.6) is 0 Å². The molecule has 1 saturated heterocycles. The van der Waals surface area contributed by atoms with Gasteiger partial charge in [0.1, 0.15) is 10.6 Å². The molecule has 32 heavy (non-hydrogen) atoms. The number of ether oxygens (including phenoxy) is 1. The van der Waals surface area contributed by atoms with Crippen molar-refractivity contribution >= 4 is 39.1 Å². The molecule has 0 saturated carbocycles. The maximum atomic E-state index is 13.2. The van der Waals surface area contributed by atoms with Crippen LogP contribution in [0.4, 0.5) is 5.00 Å². The van der Waals surface area contributed by atoms with Crippen molar-refractivity contribution in [1.82, 2.24) is 5.32 Å². The van der Waals surface area contributed by atoms with E-state index < -0.39 is 0 Å². The van der Waals surface area contributed by atoms with Gasteiger partial charge in [-0.25, -0.2) is 0 Å². The standard InChI is InChI=1S/C25H28N2O4S/c1-13-10-18-15(3)22(31-19(18)11-14(13)2)24(29)27-25-21(17-7-4-8-20(17)32-25)23(28)26-12-16-6-5-9-30-16/h10-11,16H,4-9,12H2,1-3H3,(H,26,28)(H,27,29). The Kier molecular flexibility index (Phi) is 5.55. The summed E-state index contributed by atoms with van der Waals surface area (Å²) in [5.74, 6) is -0.158. The van der Waals surface area contributed by atoms with Crippen LogP contribution in [0.15, 0.2) is 16.5 Å². The number of carbonyl (C=O) groups is 2. The van der Waals surface area contributed by atoms with Gasteiger partial charge in [-0.3, -0.25) is 9.59 Å². The zero-order valence-electron chi connectivity index (χ0n) is 18.7. The summed E-state index contributed by atoms with van der Waals surface area (Å²) >= 11 is 1.51. The molecule has 1 unspecified atom stereocenters. The Morgan fingerprint density at radius 1 is 1.09 bits per heavy atom. The van der Waals surface area contributed by atoms with E-state index in [1.54, 1.807) is 0 Å². The Labute approximate surface area is 191 Å². The van der Waals surface area contributed by atoms with Gasteiger partial charge in [-0.15, -0.1) is 11.3 Å². The third-order valence-corrected chi connectivity index (χ3v) is 7.86. The van der Waals surface area contributed by atoms with Crippen LogP contribution >= 0.6 is 11.3 Å². The minimum atomic E-state index is -0.317. The molecule has 1 atom stereocenters. The number of aryl methyl sites for hydroxylation is 4. The van der Waals surface area contributed by atoms with Crippen LogP contribution in [-0.2, 0) is 17.6 Å². The van der Waals surface area contributed by atoms with Gasteiger partial charge in [0.15, 0.2) is 5.76 Å². The molecular formula is C25H28N2O4S. The average Bonchev–Trinajstić information content (AvgIpc) is 3.53. The van der Waals surface area contributed by atoms with E-state index >= 15 is 0 Å². The lowest BCUT2D eigenvalue weighted by Gasteiger charge is -2.12. The fraction of sp³-hybridized carbons (Fsp3) is 0.440. The van der Waals surface area contributed by atoms with Crippen molar-refractivity contribution in [3.05, 3.63) is 50.6 Å². The van der Waals surface area contributed by atoms with Crippen LogP contribution < -0.4 is 10.6 Å². The molecule has 2 N–H and O–H groups in total. The highest BCUT2D eigenvalue weighted by atomic mass is 32.1. The summed E-state index contributed by atoms with van der Waals surface area (Å²) in [4.78, 5) is 27.5. The molecule has 1 aromatic carbocycles. The van der Waals surface area contributed by atoms with Crippen molar-refractivity contribution in [1.29, 1.82) is 0 Å². The van der Waals surface area contributed by atoms with E-state index in [1.807, 2.05) is 19.9 Å². The van der Waals surface area contributed by atoms with Gasteiger partial charge in [0, 0.05) is 29.0 Å². The van der Waals surface area contributed by atoms with Crippen LogP contribution in [-0.4, -0.2) is 31.1 Å². The van der Waals surface area contributed by atoms with Gasteiger partial charge in [0.05, 0.1) is 11.7 Å². The second-order valence-electron chi connectivity index (χ2n) is 8.85. The Morgan fingerprint density at radius 3 is 2.69 bits per heavy atom. The summed E-state index contributed by atoms with van der Waals surface area (Å²) < 4.78 is 11.6. The summed E-state index contributed by atoms with van der Waals surface area (Å²) in [5, 5.41) is 7.57. The Hall–Kier alpha value is -2.64. The highest BCUT2D eigenvalue weighted by Crippen LogP contribution is 2.39. The molecule has 2 aromatic heterocycles. The number of nitrogens with one attached hydrogen (secondary N) is 2. The Morgan fingerprint density at radius 2 is 1.91 bits per heavy atom. The molecule has 3 heterocycles. The molecule has 2 aliphatic rings. The number of hydrogen-bond donors (Lipinski definition) is 2. The van der Waals surface area contributed by atoms with E-state index in [9.17, 15) is 9.59 Å². The number of amides is 2. The van der Waals surface area contributed by atoms with Crippen LogP contribution in [0.1, 0.15) is 67.3 Å². The molecule has 168 valence electrons.